The number of hydrogen-bond donors (Lipinski definition) is 1. The van der Waals surface area contributed by atoms with Crippen LogP contribution in [0.15, 0.2) is 4.52 Å². The fraction of sp³-hybridized carbons (Fsp3) is 0.778. The summed E-state index contributed by atoms with van der Waals surface area (Å²) in [6.45, 7) is 4.03. The van der Waals surface area contributed by atoms with Gasteiger partial charge in [0.05, 0.1) is 0 Å². The van der Waals surface area contributed by atoms with Crippen LogP contribution in [-0.2, 0) is 17.6 Å². The molecule has 0 bridgehead atoms. The summed E-state index contributed by atoms with van der Waals surface area (Å²) >= 11 is 0. The van der Waals surface area contributed by atoms with Gasteiger partial charge < -0.3 is 15.0 Å². The second-order valence-corrected chi connectivity index (χ2v) is 2.94. The summed E-state index contributed by atoms with van der Waals surface area (Å²) in [7, 11) is 0. The smallest absolute Gasteiger partial charge is 0.226 e. The van der Waals surface area contributed by atoms with Crippen molar-refractivity contribution in [3.05, 3.63) is 11.7 Å². The Morgan fingerprint density at radius 3 is 3.00 bits per heavy atom. The van der Waals surface area contributed by atoms with Gasteiger partial charge in [-0.1, -0.05) is 5.16 Å². The molecule has 0 amide bonds. The normalized spacial score (nSPS) is 10.7. The third kappa shape index (κ3) is 3.85. The molecule has 0 aromatic carbocycles. The van der Waals surface area contributed by atoms with E-state index in [9.17, 15) is 0 Å². The minimum Gasteiger partial charge on any atom is -0.382 e. The zero-order valence-electron chi connectivity index (χ0n) is 8.53. The molecule has 0 saturated heterocycles. The summed E-state index contributed by atoms with van der Waals surface area (Å²) in [5.74, 6) is 1.37. The molecule has 2 N–H and O–H groups in total. The predicted molar refractivity (Wildman–Crippen MR) is 51.9 cm³/mol. The first-order chi connectivity index (χ1) is 6.86. The van der Waals surface area contributed by atoms with Crippen LogP contribution in [0.3, 0.4) is 0 Å². The average molecular weight is 199 g/mol. The molecule has 0 aliphatic carbocycles. The molecule has 5 heteroatoms. The number of rotatable bonds is 7. The maximum absolute atomic E-state index is 5.37. The largest absolute Gasteiger partial charge is 0.382 e. The summed E-state index contributed by atoms with van der Waals surface area (Å²) in [6, 6.07) is 0. The van der Waals surface area contributed by atoms with Crippen molar-refractivity contribution in [2.75, 3.05) is 19.8 Å². The molecule has 1 aromatic rings. The minimum atomic E-state index is 0.553. The molecule has 80 valence electrons. The van der Waals surface area contributed by atoms with Gasteiger partial charge in [-0.15, -0.1) is 0 Å². The molecular formula is C9H17N3O2. The molecule has 5 nitrogen and oxygen atoms in total. The van der Waals surface area contributed by atoms with Gasteiger partial charge in [-0.05, 0) is 19.9 Å². The Morgan fingerprint density at radius 1 is 1.43 bits per heavy atom. The topological polar surface area (TPSA) is 74.2 Å². The lowest BCUT2D eigenvalue weighted by atomic mass is 10.3. The van der Waals surface area contributed by atoms with Gasteiger partial charge >= 0.3 is 0 Å². The minimum absolute atomic E-state index is 0.553. The maximum atomic E-state index is 5.37. The van der Waals surface area contributed by atoms with E-state index in [1.54, 1.807) is 0 Å². The van der Waals surface area contributed by atoms with E-state index in [1.807, 2.05) is 6.92 Å². The quantitative estimate of drug-likeness (QED) is 0.649. The van der Waals surface area contributed by atoms with Crippen LogP contribution in [-0.4, -0.2) is 29.9 Å². The Labute approximate surface area is 83.6 Å². The first-order valence-electron chi connectivity index (χ1n) is 4.96. The van der Waals surface area contributed by atoms with Crippen LogP contribution in [0.25, 0.3) is 0 Å². The Bertz CT molecular complexity index is 250. The first kappa shape index (κ1) is 11.1. The van der Waals surface area contributed by atoms with E-state index in [0.29, 0.717) is 24.7 Å². The summed E-state index contributed by atoms with van der Waals surface area (Å²) in [6.07, 6.45) is 2.37. The molecule has 1 aromatic heterocycles. The second-order valence-electron chi connectivity index (χ2n) is 2.94. The molecule has 0 spiro atoms. The lowest BCUT2D eigenvalue weighted by Gasteiger charge is -1.96. The molecule has 0 radical (unpaired) electrons. The lowest BCUT2D eigenvalue weighted by Crippen LogP contribution is -2.04. The van der Waals surface area contributed by atoms with Crippen LogP contribution >= 0.6 is 0 Å². The molecule has 0 saturated carbocycles. The Hall–Kier alpha value is -0.940. The summed E-state index contributed by atoms with van der Waals surface area (Å²) in [5, 5.41) is 3.80. The van der Waals surface area contributed by atoms with Crippen LogP contribution in [0.2, 0.25) is 0 Å². The molecule has 0 aliphatic rings. The number of aromatic nitrogens is 2. The fourth-order valence-corrected chi connectivity index (χ4v) is 1.09. The highest BCUT2D eigenvalue weighted by Crippen LogP contribution is 2.01. The lowest BCUT2D eigenvalue weighted by molar-refractivity contribution is 0.143. The van der Waals surface area contributed by atoms with Crippen LogP contribution in [0.4, 0.5) is 0 Å². The highest BCUT2D eigenvalue weighted by atomic mass is 16.5. The molecule has 1 heterocycles. The number of nitrogens with two attached hydrogens (primary N) is 1. The Morgan fingerprint density at radius 2 is 2.29 bits per heavy atom. The van der Waals surface area contributed by atoms with E-state index in [4.69, 9.17) is 15.0 Å². The van der Waals surface area contributed by atoms with Crippen LogP contribution in [0, 0.1) is 0 Å². The third-order valence-corrected chi connectivity index (χ3v) is 1.76. The summed E-state index contributed by atoms with van der Waals surface area (Å²) in [5.41, 5.74) is 5.37. The van der Waals surface area contributed by atoms with E-state index in [2.05, 4.69) is 10.1 Å². The van der Waals surface area contributed by atoms with E-state index in [-0.39, 0.29) is 0 Å². The van der Waals surface area contributed by atoms with Crippen molar-refractivity contribution in [2.45, 2.75) is 26.2 Å². The van der Waals surface area contributed by atoms with Crippen LogP contribution in [0.5, 0.6) is 0 Å². The zero-order valence-corrected chi connectivity index (χ0v) is 8.53. The Kier molecular flexibility index (Phi) is 5.17. The number of aryl methyl sites for hydroxylation is 1. The van der Waals surface area contributed by atoms with Gasteiger partial charge in [0.15, 0.2) is 5.82 Å². The average Bonchev–Trinajstić information content (AvgIpc) is 2.61. The van der Waals surface area contributed by atoms with Gasteiger partial charge in [-0.25, -0.2) is 0 Å². The zero-order chi connectivity index (χ0) is 10.2. The molecule has 0 atom stereocenters. The van der Waals surface area contributed by atoms with Gasteiger partial charge in [0.1, 0.15) is 0 Å². The van der Waals surface area contributed by atoms with E-state index in [1.165, 1.54) is 0 Å². The van der Waals surface area contributed by atoms with E-state index < -0.39 is 0 Å². The molecule has 0 fully saturated rings. The molecule has 0 unspecified atom stereocenters. The van der Waals surface area contributed by atoms with E-state index in [0.717, 1.165) is 26.1 Å². The third-order valence-electron chi connectivity index (χ3n) is 1.76. The second kappa shape index (κ2) is 6.50. The van der Waals surface area contributed by atoms with Crippen molar-refractivity contribution in [1.29, 1.82) is 0 Å². The number of hydrogen-bond acceptors (Lipinski definition) is 5. The van der Waals surface area contributed by atoms with E-state index >= 15 is 0 Å². The van der Waals surface area contributed by atoms with Gasteiger partial charge in [-0.3, -0.25) is 0 Å². The summed E-state index contributed by atoms with van der Waals surface area (Å²) in [4.78, 5) is 4.18. The fourth-order valence-electron chi connectivity index (χ4n) is 1.09. The SMILES string of the molecule is CCOCCCc1nc(CCN)no1. The van der Waals surface area contributed by atoms with Gasteiger partial charge in [-0.2, -0.15) is 4.98 Å². The van der Waals surface area contributed by atoms with Crippen molar-refractivity contribution < 1.29 is 9.26 Å². The Balaban J connectivity index is 2.22. The molecule has 1 rings (SSSR count). The predicted octanol–water partition coefficient (Wildman–Crippen LogP) is 0.540. The summed E-state index contributed by atoms with van der Waals surface area (Å²) < 4.78 is 10.2. The molecular weight excluding hydrogens is 182 g/mol. The monoisotopic (exact) mass is 199 g/mol. The maximum Gasteiger partial charge on any atom is 0.226 e. The van der Waals surface area contributed by atoms with Crippen molar-refractivity contribution in [2.24, 2.45) is 5.73 Å². The van der Waals surface area contributed by atoms with Crippen molar-refractivity contribution in [3.63, 3.8) is 0 Å². The van der Waals surface area contributed by atoms with Crippen molar-refractivity contribution in [1.82, 2.24) is 10.1 Å². The van der Waals surface area contributed by atoms with Gasteiger partial charge in [0.25, 0.3) is 0 Å². The molecule has 14 heavy (non-hydrogen) atoms. The number of ether oxygens (including phenoxy) is 1. The highest BCUT2D eigenvalue weighted by Gasteiger charge is 2.04. The van der Waals surface area contributed by atoms with Crippen molar-refractivity contribution >= 4 is 0 Å². The van der Waals surface area contributed by atoms with Crippen LogP contribution in [0.1, 0.15) is 25.1 Å². The molecule has 0 aliphatic heterocycles. The number of nitrogens with zero attached hydrogens (tertiary/aromatic N) is 2. The highest BCUT2D eigenvalue weighted by molar-refractivity contribution is 4.86. The van der Waals surface area contributed by atoms with Gasteiger partial charge in [0.2, 0.25) is 5.89 Å². The standard InChI is InChI=1S/C9H17N3O2/c1-2-13-7-3-4-9-11-8(5-6-10)12-14-9/h2-7,10H2,1H3. The van der Waals surface area contributed by atoms with Crippen molar-refractivity contribution in [3.8, 4) is 0 Å². The first-order valence-corrected chi connectivity index (χ1v) is 4.96. The van der Waals surface area contributed by atoms with Crippen LogP contribution < -0.4 is 5.73 Å². The van der Waals surface area contributed by atoms with Gasteiger partial charge in [0, 0.05) is 26.1 Å².